The van der Waals surface area contributed by atoms with Crippen LogP contribution in [0.3, 0.4) is 0 Å². The third-order valence-corrected chi connectivity index (χ3v) is 5.64. The summed E-state index contributed by atoms with van der Waals surface area (Å²) in [6, 6.07) is 9.57. The summed E-state index contributed by atoms with van der Waals surface area (Å²) in [5.74, 6) is 0.997. The molecule has 26 heavy (non-hydrogen) atoms. The predicted molar refractivity (Wildman–Crippen MR) is 102 cm³/mol. The molecule has 2 aliphatic heterocycles. The summed E-state index contributed by atoms with van der Waals surface area (Å²) in [7, 11) is 0. The van der Waals surface area contributed by atoms with E-state index in [9.17, 15) is 9.90 Å². The number of rotatable bonds is 6. The number of aliphatic hydroxyl groups is 1. The molecule has 0 saturated carbocycles. The molecule has 1 amide bonds. The van der Waals surface area contributed by atoms with Crippen molar-refractivity contribution in [3.8, 4) is 5.75 Å². The van der Waals surface area contributed by atoms with Crippen molar-refractivity contribution in [1.29, 1.82) is 0 Å². The Morgan fingerprint density at radius 2 is 1.65 bits per heavy atom. The number of nitrogens with zero attached hydrogens (tertiary/aromatic N) is 2. The molecule has 0 aromatic heterocycles. The van der Waals surface area contributed by atoms with Crippen LogP contribution in [0.25, 0.3) is 0 Å². The third kappa shape index (κ3) is 5.71. The maximum atomic E-state index is 12.5. The minimum Gasteiger partial charge on any atom is -0.491 e. The van der Waals surface area contributed by atoms with Gasteiger partial charge in [-0.25, -0.2) is 0 Å². The molecule has 144 valence electrons. The van der Waals surface area contributed by atoms with Crippen LogP contribution >= 0.6 is 0 Å². The van der Waals surface area contributed by atoms with E-state index < -0.39 is 5.60 Å². The van der Waals surface area contributed by atoms with E-state index in [-0.39, 0.29) is 12.5 Å². The average molecular weight is 360 g/mol. The van der Waals surface area contributed by atoms with Crippen LogP contribution in [-0.4, -0.2) is 65.7 Å². The number of carbonyl (C=O) groups is 1. The monoisotopic (exact) mass is 360 g/mol. The maximum absolute atomic E-state index is 12.5. The van der Waals surface area contributed by atoms with E-state index >= 15 is 0 Å². The second-order valence-corrected chi connectivity index (χ2v) is 7.71. The summed E-state index contributed by atoms with van der Waals surface area (Å²) in [6.07, 6.45) is 6.91. The van der Waals surface area contributed by atoms with E-state index in [1.165, 1.54) is 25.7 Å². The average Bonchev–Trinajstić information content (AvgIpc) is 2.95. The molecule has 1 N–H and O–H groups in total. The molecule has 0 aliphatic carbocycles. The van der Waals surface area contributed by atoms with E-state index in [0.29, 0.717) is 32.4 Å². The van der Waals surface area contributed by atoms with Crippen LogP contribution in [0.2, 0.25) is 0 Å². The zero-order valence-electron chi connectivity index (χ0n) is 15.7. The lowest BCUT2D eigenvalue weighted by Crippen LogP contribution is -2.50. The lowest BCUT2D eigenvalue weighted by atomic mass is 9.92. The number of para-hydroxylation sites is 1. The first kappa shape index (κ1) is 19.2. The van der Waals surface area contributed by atoms with Crippen molar-refractivity contribution in [2.24, 2.45) is 0 Å². The third-order valence-electron chi connectivity index (χ3n) is 5.64. The minimum absolute atomic E-state index is 0.222. The van der Waals surface area contributed by atoms with Gasteiger partial charge in [-0.2, -0.15) is 0 Å². The highest BCUT2D eigenvalue weighted by Gasteiger charge is 2.34. The Kier molecular flexibility index (Phi) is 6.92. The molecule has 0 spiro atoms. The van der Waals surface area contributed by atoms with Gasteiger partial charge in [0, 0.05) is 26.1 Å². The van der Waals surface area contributed by atoms with E-state index in [1.807, 2.05) is 35.2 Å². The van der Waals surface area contributed by atoms with Crippen LogP contribution in [-0.2, 0) is 4.79 Å². The fourth-order valence-electron chi connectivity index (χ4n) is 3.82. The first-order chi connectivity index (χ1) is 12.6. The largest absolute Gasteiger partial charge is 0.491 e. The Bertz CT molecular complexity index is 548. The van der Waals surface area contributed by atoms with Crippen molar-refractivity contribution < 1.29 is 14.6 Å². The molecule has 5 heteroatoms. The number of amides is 1. The molecule has 2 fully saturated rings. The molecule has 3 rings (SSSR count). The van der Waals surface area contributed by atoms with Crippen molar-refractivity contribution >= 4 is 5.91 Å². The fourth-order valence-corrected chi connectivity index (χ4v) is 3.82. The number of likely N-dealkylation sites (tertiary alicyclic amines) is 2. The summed E-state index contributed by atoms with van der Waals surface area (Å²) < 4.78 is 5.72. The van der Waals surface area contributed by atoms with Crippen molar-refractivity contribution in [1.82, 2.24) is 9.80 Å². The topological polar surface area (TPSA) is 53.0 Å². The normalized spacial score (nSPS) is 21.2. The minimum atomic E-state index is -0.836. The first-order valence-corrected chi connectivity index (χ1v) is 10.1. The Balaban J connectivity index is 1.38. The number of carbonyl (C=O) groups excluding carboxylic acids is 1. The van der Waals surface area contributed by atoms with Gasteiger partial charge in [-0.1, -0.05) is 31.0 Å². The number of benzene rings is 1. The van der Waals surface area contributed by atoms with E-state index in [2.05, 4.69) is 4.90 Å². The Morgan fingerprint density at radius 1 is 1.00 bits per heavy atom. The second-order valence-electron chi connectivity index (χ2n) is 7.71. The van der Waals surface area contributed by atoms with E-state index in [4.69, 9.17) is 4.74 Å². The highest BCUT2D eigenvalue weighted by atomic mass is 16.5. The highest BCUT2D eigenvalue weighted by molar-refractivity contribution is 5.76. The van der Waals surface area contributed by atoms with Gasteiger partial charge in [0.1, 0.15) is 18.0 Å². The zero-order valence-corrected chi connectivity index (χ0v) is 15.7. The van der Waals surface area contributed by atoms with Crippen molar-refractivity contribution in [3.05, 3.63) is 30.3 Å². The highest BCUT2D eigenvalue weighted by Crippen LogP contribution is 2.24. The van der Waals surface area contributed by atoms with Gasteiger partial charge in [0.2, 0.25) is 5.91 Å². The summed E-state index contributed by atoms with van der Waals surface area (Å²) in [5, 5.41) is 10.7. The standard InChI is InChI=1S/C21H32N2O3/c24-20(10-15-22-13-6-1-2-7-14-22)23-16-11-21(25,12-17-23)18-26-19-8-4-3-5-9-19/h3-5,8-9,25H,1-2,6-7,10-18H2. The number of hydrogen-bond acceptors (Lipinski definition) is 4. The van der Waals surface area contributed by atoms with Gasteiger partial charge in [-0.15, -0.1) is 0 Å². The Morgan fingerprint density at radius 3 is 2.31 bits per heavy atom. The van der Waals surface area contributed by atoms with E-state index in [1.54, 1.807) is 0 Å². The van der Waals surface area contributed by atoms with Gasteiger partial charge in [-0.3, -0.25) is 4.79 Å². The quantitative estimate of drug-likeness (QED) is 0.847. The molecule has 0 atom stereocenters. The van der Waals surface area contributed by atoms with Crippen LogP contribution in [0.1, 0.15) is 44.9 Å². The van der Waals surface area contributed by atoms with Gasteiger partial charge in [0.05, 0.1) is 0 Å². The lowest BCUT2D eigenvalue weighted by Gasteiger charge is -2.38. The zero-order chi connectivity index (χ0) is 18.2. The van der Waals surface area contributed by atoms with E-state index in [0.717, 1.165) is 25.4 Å². The molecule has 0 radical (unpaired) electrons. The molecule has 1 aromatic rings. The molecule has 2 aliphatic rings. The molecule has 1 aromatic carbocycles. The van der Waals surface area contributed by atoms with Crippen LogP contribution in [0.4, 0.5) is 0 Å². The van der Waals surface area contributed by atoms with Crippen molar-refractivity contribution in [2.75, 3.05) is 39.3 Å². The predicted octanol–water partition coefficient (Wildman–Crippen LogP) is 2.68. The van der Waals surface area contributed by atoms with Gasteiger partial charge in [-0.05, 0) is 50.9 Å². The Labute approximate surface area is 156 Å². The summed E-state index contributed by atoms with van der Waals surface area (Å²) in [6.45, 7) is 4.65. The van der Waals surface area contributed by atoms with Gasteiger partial charge >= 0.3 is 0 Å². The van der Waals surface area contributed by atoms with Crippen LogP contribution < -0.4 is 4.74 Å². The fraction of sp³-hybridized carbons (Fsp3) is 0.667. The molecule has 0 bridgehead atoms. The summed E-state index contributed by atoms with van der Waals surface area (Å²) in [5.41, 5.74) is -0.836. The van der Waals surface area contributed by atoms with Gasteiger partial charge in [0.15, 0.2) is 0 Å². The lowest BCUT2D eigenvalue weighted by molar-refractivity contribution is -0.136. The van der Waals surface area contributed by atoms with Crippen molar-refractivity contribution in [2.45, 2.75) is 50.5 Å². The summed E-state index contributed by atoms with van der Waals surface area (Å²) in [4.78, 5) is 16.8. The molecule has 5 nitrogen and oxygen atoms in total. The maximum Gasteiger partial charge on any atom is 0.223 e. The second kappa shape index (κ2) is 9.38. The van der Waals surface area contributed by atoms with Crippen molar-refractivity contribution in [3.63, 3.8) is 0 Å². The SMILES string of the molecule is O=C(CCN1CCCCCC1)N1CCC(O)(COc2ccccc2)CC1. The van der Waals surface area contributed by atoms with Crippen LogP contribution in [0.15, 0.2) is 30.3 Å². The van der Waals surface area contributed by atoms with Gasteiger partial charge in [0.25, 0.3) is 0 Å². The first-order valence-electron chi connectivity index (χ1n) is 10.1. The molecule has 2 saturated heterocycles. The summed E-state index contributed by atoms with van der Waals surface area (Å²) >= 11 is 0. The smallest absolute Gasteiger partial charge is 0.223 e. The molecular formula is C21H32N2O3. The molecule has 2 heterocycles. The van der Waals surface area contributed by atoms with Crippen LogP contribution in [0, 0.1) is 0 Å². The van der Waals surface area contributed by atoms with Gasteiger partial charge < -0.3 is 19.6 Å². The van der Waals surface area contributed by atoms with Crippen LogP contribution in [0.5, 0.6) is 5.75 Å². The Hall–Kier alpha value is -1.59. The molecule has 0 unspecified atom stereocenters. The number of ether oxygens (including phenoxy) is 1. The molecular weight excluding hydrogens is 328 g/mol. The number of hydrogen-bond donors (Lipinski definition) is 1. The number of piperidine rings is 1.